The molecule has 0 aliphatic heterocycles. The van der Waals surface area contributed by atoms with E-state index in [1.54, 1.807) is 6.07 Å². The molecule has 5 nitrogen and oxygen atoms in total. The first-order valence-corrected chi connectivity index (χ1v) is 6.29. The zero-order chi connectivity index (χ0) is 15.2. The fourth-order valence-electron chi connectivity index (χ4n) is 1.75. The van der Waals surface area contributed by atoms with Crippen molar-refractivity contribution in [1.29, 1.82) is 0 Å². The van der Waals surface area contributed by atoms with Crippen LogP contribution in [0.25, 0.3) is 0 Å². The maximum Gasteiger partial charge on any atom is 0.339 e. The lowest BCUT2D eigenvalue weighted by molar-refractivity contribution is -0.131. The van der Waals surface area contributed by atoms with Crippen LogP contribution in [0.15, 0.2) is 48.5 Å². The number of aromatic carboxylic acids is 1. The van der Waals surface area contributed by atoms with Crippen molar-refractivity contribution in [3.05, 3.63) is 59.7 Å². The van der Waals surface area contributed by atoms with Crippen LogP contribution >= 0.6 is 0 Å². The molecule has 0 unspecified atom stereocenters. The predicted molar refractivity (Wildman–Crippen MR) is 75.5 cm³/mol. The third kappa shape index (κ3) is 4.07. The monoisotopic (exact) mass is 286 g/mol. The number of esters is 1. The van der Waals surface area contributed by atoms with Gasteiger partial charge in [0, 0.05) is 6.92 Å². The molecule has 108 valence electrons. The van der Waals surface area contributed by atoms with Crippen molar-refractivity contribution < 1.29 is 24.2 Å². The van der Waals surface area contributed by atoms with Crippen LogP contribution in [0, 0.1) is 0 Å². The summed E-state index contributed by atoms with van der Waals surface area (Å²) in [5.74, 6) is -1.36. The van der Waals surface area contributed by atoms with Gasteiger partial charge in [0.25, 0.3) is 0 Å². The molecule has 5 heteroatoms. The number of ether oxygens (including phenoxy) is 2. The number of rotatable bonds is 5. The van der Waals surface area contributed by atoms with E-state index in [9.17, 15) is 9.59 Å². The Morgan fingerprint density at radius 1 is 1.10 bits per heavy atom. The Morgan fingerprint density at radius 2 is 1.81 bits per heavy atom. The summed E-state index contributed by atoms with van der Waals surface area (Å²) in [6, 6.07) is 13.8. The summed E-state index contributed by atoms with van der Waals surface area (Å²) in [5.41, 5.74) is 0.856. The van der Waals surface area contributed by atoms with Gasteiger partial charge in [-0.05, 0) is 23.8 Å². The molecule has 0 heterocycles. The topological polar surface area (TPSA) is 72.8 Å². The van der Waals surface area contributed by atoms with Gasteiger partial charge in [-0.3, -0.25) is 4.79 Å². The van der Waals surface area contributed by atoms with Gasteiger partial charge < -0.3 is 14.6 Å². The molecule has 0 saturated carbocycles. The summed E-state index contributed by atoms with van der Waals surface area (Å²) in [6.07, 6.45) is 0. The molecule has 0 amide bonds. The van der Waals surface area contributed by atoms with Crippen molar-refractivity contribution in [2.75, 3.05) is 0 Å². The first kappa shape index (κ1) is 14.6. The molecule has 0 aromatic heterocycles. The summed E-state index contributed by atoms with van der Waals surface area (Å²) in [6.45, 7) is 1.54. The Kier molecular flexibility index (Phi) is 4.56. The van der Waals surface area contributed by atoms with Gasteiger partial charge in [-0.25, -0.2) is 4.79 Å². The summed E-state index contributed by atoms with van der Waals surface area (Å²) >= 11 is 0. The van der Waals surface area contributed by atoms with Crippen LogP contribution in [-0.4, -0.2) is 17.0 Å². The lowest BCUT2D eigenvalue weighted by Gasteiger charge is -2.10. The van der Waals surface area contributed by atoms with Crippen LogP contribution < -0.4 is 9.47 Å². The van der Waals surface area contributed by atoms with E-state index in [0.717, 1.165) is 5.56 Å². The highest BCUT2D eigenvalue weighted by atomic mass is 16.5. The zero-order valence-electron chi connectivity index (χ0n) is 11.4. The van der Waals surface area contributed by atoms with Crippen LogP contribution in [-0.2, 0) is 11.4 Å². The van der Waals surface area contributed by atoms with Gasteiger partial charge in [-0.1, -0.05) is 30.3 Å². The zero-order valence-corrected chi connectivity index (χ0v) is 11.4. The molecule has 0 radical (unpaired) electrons. The quantitative estimate of drug-likeness (QED) is 0.676. The SMILES string of the molecule is CC(=O)Oc1ccc(OCc2ccccc2)cc1C(=O)O. The van der Waals surface area contributed by atoms with Gasteiger partial charge in [-0.15, -0.1) is 0 Å². The van der Waals surface area contributed by atoms with Gasteiger partial charge in [0.15, 0.2) is 0 Å². The molecule has 0 saturated heterocycles. The molecule has 0 bridgehead atoms. The highest BCUT2D eigenvalue weighted by Crippen LogP contribution is 2.25. The number of carboxylic acids is 1. The van der Waals surface area contributed by atoms with Crippen molar-refractivity contribution >= 4 is 11.9 Å². The van der Waals surface area contributed by atoms with Gasteiger partial charge >= 0.3 is 11.9 Å². The number of carbonyl (C=O) groups is 2. The second-order valence-corrected chi connectivity index (χ2v) is 4.33. The Balaban J connectivity index is 2.16. The highest BCUT2D eigenvalue weighted by molar-refractivity contribution is 5.92. The minimum absolute atomic E-state index is 0.00191. The molecule has 0 spiro atoms. The minimum Gasteiger partial charge on any atom is -0.489 e. The predicted octanol–water partition coefficient (Wildman–Crippen LogP) is 2.89. The molecular weight excluding hydrogens is 272 g/mol. The second-order valence-electron chi connectivity index (χ2n) is 4.33. The minimum atomic E-state index is -1.18. The first-order valence-electron chi connectivity index (χ1n) is 6.29. The van der Waals surface area contributed by atoms with Crippen molar-refractivity contribution in [3.63, 3.8) is 0 Å². The van der Waals surface area contributed by atoms with Crippen molar-refractivity contribution in [2.24, 2.45) is 0 Å². The van der Waals surface area contributed by atoms with E-state index in [4.69, 9.17) is 14.6 Å². The van der Waals surface area contributed by atoms with E-state index >= 15 is 0 Å². The van der Waals surface area contributed by atoms with Crippen LogP contribution in [0.3, 0.4) is 0 Å². The van der Waals surface area contributed by atoms with Crippen LogP contribution in [0.5, 0.6) is 11.5 Å². The molecule has 2 aromatic carbocycles. The molecule has 0 aliphatic rings. The second kappa shape index (κ2) is 6.56. The largest absolute Gasteiger partial charge is 0.489 e. The first-order chi connectivity index (χ1) is 10.1. The van der Waals surface area contributed by atoms with Gasteiger partial charge in [0.1, 0.15) is 23.7 Å². The van der Waals surface area contributed by atoms with E-state index in [-0.39, 0.29) is 11.3 Å². The number of benzene rings is 2. The van der Waals surface area contributed by atoms with E-state index in [1.807, 2.05) is 30.3 Å². The van der Waals surface area contributed by atoms with Crippen LogP contribution in [0.1, 0.15) is 22.8 Å². The fourth-order valence-corrected chi connectivity index (χ4v) is 1.75. The normalized spacial score (nSPS) is 9.95. The average molecular weight is 286 g/mol. The number of hydrogen-bond acceptors (Lipinski definition) is 4. The van der Waals surface area contributed by atoms with Gasteiger partial charge in [-0.2, -0.15) is 0 Å². The number of carboxylic acid groups (broad SMARTS) is 1. The fraction of sp³-hybridized carbons (Fsp3) is 0.125. The summed E-state index contributed by atoms with van der Waals surface area (Å²) in [4.78, 5) is 22.1. The summed E-state index contributed by atoms with van der Waals surface area (Å²) < 4.78 is 10.4. The molecular formula is C16H14O5. The molecule has 0 fully saturated rings. The standard InChI is InChI=1S/C16H14O5/c1-11(17)21-15-8-7-13(9-14(15)16(18)19)20-10-12-5-3-2-4-6-12/h2-9H,10H2,1H3,(H,18,19). The van der Waals surface area contributed by atoms with E-state index in [0.29, 0.717) is 12.4 Å². The molecule has 2 aromatic rings. The molecule has 1 N–H and O–H groups in total. The molecule has 21 heavy (non-hydrogen) atoms. The van der Waals surface area contributed by atoms with E-state index in [2.05, 4.69) is 0 Å². The molecule has 0 aliphatic carbocycles. The Labute approximate surface area is 121 Å². The summed E-state index contributed by atoms with van der Waals surface area (Å²) in [7, 11) is 0. The van der Waals surface area contributed by atoms with E-state index in [1.165, 1.54) is 19.1 Å². The average Bonchev–Trinajstić information content (AvgIpc) is 2.46. The Morgan fingerprint density at radius 3 is 2.43 bits per heavy atom. The third-order valence-corrected chi connectivity index (χ3v) is 2.68. The maximum absolute atomic E-state index is 11.2. The Bertz CT molecular complexity index is 649. The smallest absolute Gasteiger partial charge is 0.339 e. The number of hydrogen-bond donors (Lipinski definition) is 1. The Hall–Kier alpha value is -2.82. The van der Waals surface area contributed by atoms with Gasteiger partial charge in [0.2, 0.25) is 0 Å². The van der Waals surface area contributed by atoms with Gasteiger partial charge in [0.05, 0.1) is 0 Å². The lowest BCUT2D eigenvalue weighted by Crippen LogP contribution is -2.07. The van der Waals surface area contributed by atoms with Crippen molar-refractivity contribution in [2.45, 2.75) is 13.5 Å². The van der Waals surface area contributed by atoms with Crippen molar-refractivity contribution in [3.8, 4) is 11.5 Å². The third-order valence-electron chi connectivity index (χ3n) is 2.68. The lowest BCUT2D eigenvalue weighted by atomic mass is 10.2. The van der Waals surface area contributed by atoms with Crippen LogP contribution in [0.2, 0.25) is 0 Å². The molecule has 2 rings (SSSR count). The van der Waals surface area contributed by atoms with Crippen LogP contribution in [0.4, 0.5) is 0 Å². The summed E-state index contributed by atoms with van der Waals surface area (Å²) in [5, 5.41) is 9.14. The maximum atomic E-state index is 11.2. The van der Waals surface area contributed by atoms with Crippen molar-refractivity contribution in [1.82, 2.24) is 0 Å². The highest BCUT2D eigenvalue weighted by Gasteiger charge is 2.14. The number of carbonyl (C=O) groups excluding carboxylic acids is 1. The molecule has 0 atom stereocenters. The van der Waals surface area contributed by atoms with E-state index < -0.39 is 11.9 Å².